The van der Waals surface area contributed by atoms with Crippen molar-refractivity contribution in [2.24, 2.45) is 5.73 Å². The molecule has 4 nitrogen and oxygen atoms in total. The van der Waals surface area contributed by atoms with Crippen LogP contribution in [0.25, 0.3) is 10.9 Å². The van der Waals surface area contributed by atoms with E-state index in [1.807, 2.05) is 12.1 Å². The summed E-state index contributed by atoms with van der Waals surface area (Å²) in [5, 5.41) is 1.16. The molecule has 2 heterocycles. The van der Waals surface area contributed by atoms with Crippen molar-refractivity contribution in [2.45, 2.75) is 25.5 Å². The average molecular weight is 271 g/mol. The van der Waals surface area contributed by atoms with Crippen LogP contribution in [0.1, 0.15) is 18.4 Å². The van der Waals surface area contributed by atoms with Gasteiger partial charge in [0.2, 0.25) is 0 Å². The first-order chi connectivity index (χ1) is 9.81. The Morgan fingerprint density at radius 2 is 2.05 bits per heavy atom. The third-order valence-corrected chi connectivity index (χ3v) is 4.07. The summed E-state index contributed by atoms with van der Waals surface area (Å²) in [4.78, 5) is 7.16. The van der Waals surface area contributed by atoms with E-state index in [1.54, 1.807) is 7.11 Å². The zero-order valence-corrected chi connectivity index (χ0v) is 11.9. The van der Waals surface area contributed by atoms with Gasteiger partial charge in [-0.15, -0.1) is 0 Å². The predicted molar refractivity (Wildman–Crippen MR) is 81.9 cm³/mol. The van der Waals surface area contributed by atoms with E-state index in [9.17, 15) is 0 Å². The second-order valence-electron chi connectivity index (χ2n) is 5.29. The van der Waals surface area contributed by atoms with Gasteiger partial charge in [0.05, 0.1) is 11.6 Å². The summed E-state index contributed by atoms with van der Waals surface area (Å²) in [6, 6.07) is 10.4. The fourth-order valence-electron chi connectivity index (χ4n) is 2.88. The lowest BCUT2D eigenvalue weighted by molar-refractivity contribution is 0.0818. The minimum atomic E-state index is 0.382. The molecule has 0 radical (unpaired) electrons. The highest BCUT2D eigenvalue weighted by atomic mass is 16.5. The normalized spacial score (nSPS) is 16.8. The van der Waals surface area contributed by atoms with Crippen molar-refractivity contribution in [3.8, 4) is 0 Å². The van der Waals surface area contributed by atoms with Gasteiger partial charge in [0, 0.05) is 37.7 Å². The van der Waals surface area contributed by atoms with Gasteiger partial charge in [0.1, 0.15) is 5.82 Å². The Morgan fingerprint density at radius 1 is 1.30 bits per heavy atom. The summed E-state index contributed by atoms with van der Waals surface area (Å²) in [5.74, 6) is 1.04. The zero-order valence-electron chi connectivity index (χ0n) is 11.9. The molecule has 0 saturated carbocycles. The van der Waals surface area contributed by atoms with Crippen LogP contribution in [0.3, 0.4) is 0 Å². The van der Waals surface area contributed by atoms with Crippen LogP contribution >= 0.6 is 0 Å². The summed E-state index contributed by atoms with van der Waals surface area (Å²) in [7, 11) is 1.79. The molecule has 0 atom stereocenters. The van der Waals surface area contributed by atoms with E-state index in [2.05, 4.69) is 23.1 Å². The summed E-state index contributed by atoms with van der Waals surface area (Å²) >= 11 is 0. The van der Waals surface area contributed by atoms with E-state index in [0.717, 1.165) is 48.2 Å². The first-order valence-corrected chi connectivity index (χ1v) is 7.18. The van der Waals surface area contributed by atoms with Crippen molar-refractivity contribution >= 4 is 16.7 Å². The van der Waals surface area contributed by atoms with Crippen molar-refractivity contribution in [1.82, 2.24) is 4.98 Å². The molecule has 1 aromatic carbocycles. The Kier molecular flexibility index (Phi) is 3.85. The Morgan fingerprint density at radius 3 is 2.75 bits per heavy atom. The topological polar surface area (TPSA) is 51.4 Å². The standard InChI is InChI=1S/C16H21N3O/c1-20-14-6-8-19(9-7-14)16-13(11-17)10-12-4-2-3-5-15(12)18-16/h2-5,10,14H,6-9,11,17H2,1H3. The Bertz CT molecular complexity index is 591. The molecule has 1 fully saturated rings. The van der Waals surface area contributed by atoms with Gasteiger partial charge < -0.3 is 15.4 Å². The monoisotopic (exact) mass is 271 g/mol. The smallest absolute Gasteiger partial charge is 0.133 e. The number of hydrogen-bond donors (Lipinski definition) is 1. The van der Waals surface area contributed by atoms with Gasteiger partial charge in [-0.2, -0.15) is 0 Å². The summed E-state index contributed by atoms with van der Waals surface area (Å²) in [5.41, 5.74) is 8.07. The maximum atomic E-state index is 5.91. The lowest BCUT2D eigenvalue weighted by atomic mass is 10.1. The van der Waals surface area contributed by atoms with E-state index in [4.69, 9.17) is 15.5 Å². The van der Waals surface area contributed by atoms with Gasteiger partial charge in [-0.05, 0) is 25.0 Å². The van der Waals surface area contributed by atoms with Crippen LogP contribution in [-0.2, 0) is 11.3 Å². The SMILES string of the molecule is COC1CCN(c2nc3ccccc3cc2CN)CC1. The molecule has 1 aliphatic heterocycles. The molecule has 1 aromatic heterocycles. The van der Waals surface area contributed by atoms with E-state index in [-0.39, 0.29) is 0 Å². The molecular weight excluding hydrogens is 250 g/mol. The average Bonchev–Trinajstić information content (AvgIpc) is 2.53. The second-order valence-corrected chi connectivity index (χ2v) is 5.29. The fourth-order valence-corrected chi connectivity index (χ4v) is 2.88. The lowest BCUT2D eigenvalue weighted by Gasteiger charge is -2.33. The number of nitrogens with zero attached hydrogens (tertiary/aromatic N) is 2. The lowest BCUT2D eigenvalue weighted by Crippen LogP contribution is -2.37. The van der Waals surface area contributed by atoms with Gasteiger partial charge in [0.25, 0.3) is 0 Å². The molecule has 4 heteroatoms. The highest BCUT2D eigenvalue weighted by molar-refractivity contribution is 5.81. The Balaban J connectivity index is 1.94. The number of fused-ring (bicyclic) bond motifs is 1. The first-order valence-electron chi connectivity index (χ1n) is 7.18. The number of rotatable bonds is 3. The van der Waals surface area contributed by atoms with Gasteiger partial charge in [-0.25, -0.2) is 4.98 Å². The van der Waals surface area contributed by atoms with E-state index < -0.39 is 0 Å². The van der Waals surface area contributed by atoms with Crippen LogP contribution < -0.4 is 10.6 Å². The summed E-state index contributed by atoms with van der Waals surface area (Å²) < 4.78 is 5.43. The molecule has 3 rings (SSSR count). The molecule has 2 N–H and O–H groups in total. The third kappa shape index (κ3) is 2.49. The molecule has 1 aliphatic rings. The number of para-hydroxylation sites is 1. The Hall–Kier alpha value is -1.65. The molecule has 0 amide bonds. The number of benzene rings is 1. The number of pyridine rings is 1. The number of anilines is 1. The third-order valence-electron chi connectivity index (χ3n) is 4.07. The van der Waals surface area contributed by atoms with Crippen molar-refractivity contribution in [3.05, 3.63) is 35.9 Å². The van der Waals surface area contributed by atoms with E-state index >= 15 is 0 Å². The molecule has 0 spiro atoms. The number of nitrogens with two attached hydrogens (primary N) is 1. The molecule has 2 aromatic rings. The molecule has 20 heavy (non-hydrogen) atoms. The molecule has 0 unspecified atom stereocenters. The molecule has 106 valence electrons. The minimum absolute atomic E-state index is 0.382. The molecule has 0 bridgehead atoms. The van der Waals surface area contributed by atoms with Crippen LogP contribution in [0.2, 0.25) is 0 Å². The van der Waals surface area contributed by atoms with Crippen LogP contribution in [0.15, 0.2) is 30.3 Å². The number of aromatic nitrogens is 1. The summed E-state index contributed by atoms with van der Waals surface area (Å²) in [6.45, 7) is 2.49. The van der Waals surface area contributed by atoms with Crippen LogP contribution in [-0.4, -0.2) is 31.3 Å². The second kappa shape index (κ2) is 5.77. The summed E-state index contributed by atoms with van der Waals surface area (Å²) in [6.07, 6.45) is 2.48. The zero-order chi connectivity index (χ0) is 13.9. The highest BCUT2D eigenvalue weighted by Gasteiger charge is 2.21. The van der Waals surface area contributed by atoms with Gasteiger partial charge in [-0.3, -0.25) is 0 Å². The maximum Gasteiger partial charge on any atom is 0.133 e. The minimum Gasteiger partial charge on any atom is -0.381 e. The number of ether oxygens (including phenoxy) is 1. The van der Waals surface area contributed by atoms with E-state index in [1.165, 1.54) is 0 Å². The molecule has 0 aliphatic carbocycles. The van der Waals surface area contributed by atoms with Crippen molar-refractivity contribution in [3.63, 3.8) is 0 Å². The van der Waals surface area contributed by atoms with Gasteiger partial charge in [0.15, 0.2) is 0 Å². The largest absolute Gasteiger partial charge is 0.381 e. The fraction of sp³-hybridized carbons (Fsp3) is 0.438. The molecular formula is C16H21N3O. The van der Waals surface area contributed by atoms with Crippen LogP contribution in [0.4, 0.5) is 5.82 Å². The number of methoxy groups -OCH3 is 1. The van der Waals surface area contributed by atoms with Crippen LogP contribution in [0.5, 0.6) is 0 Å². The molecule has 1 saturated heterocycles. The highest BCUT2D eigenvalue weighted by Crippen LogP contribution is 2.26. The maximum absolute atomic E-state index is 5.91. The Labute approximate surface area is 119 Å². The van der Waals surface area contributed by atoms with Gasteiger partial charge in [-0.1, -0.05) is 18.2 Å². The first kappa shape index (κ1) is 13.3. The van der Waals surface area contributed by atoms with Crippen molar-refractivity contribution < 1.29 is 4.74 Å². The van der Waals surface area contributed by atoms with Crippen LogP contribution in [0, 0.1) is 0 Å². The number of hydrogen-bond acceptors (Lipinski definition) is 4. The number of piperidine rings is 1. The quantitative estimate of drug-likeness (QED) is 0.930. The van der Waals surface area contributed by atoms with Crippen molar-refractivity contribution in [2.75, 3.05) is 25.1 Å². The van der Waals surface area contributed by atoms with E-state index in [0.29, 0.717) is 12.6 Å². The predicted octanol–water partition coefficient (Wildman–Crippen LogP) is 2.31. The van der Waals surface area contributed by atoms with Gasteiger partial charge >= 0.3 is 0 Å². The van der Waals surface area contributed by atoms with Crippen molar-refractivity contribution in [1.29, 1.82) is 0 Å².